The third kappa shape index (κ3) is 5.31. The molecule has 0 bridgehead atoms. The van der Waals surface area contributed by atoms with Crippen LogP contribution >= 0.6 is 11.3 Å². The largest absolute Gasteiger partial charge is 0.497 e. The molecule has 1 fully saturated rings. The van der Waals surface area contributed by atoms with Crippen LogP contribution in [-0.2, 0) is 16.4 Å². The lowest BCUT2D eigenvalue weighted by Crippen LogP contribution is -2.48. The Hall–Kier alpha value is -3.02. The van der Waals surface area contributed by atoms with E-state index in [0.29, 0.717) is 38.3 Å². The second kappa shape index (κ2) is 10.7. The summed E-state index contributed by atoms with van der Waals surface area (Å²) in [7, 11) is 2.56. The highest BCUT2D eigenvalue weighted by Gasteiger charge is 2.31. The van der Waals surface area contributed by atoms with Crippen molar-refractivity contribution in [2.24, 2.45) is 0 Å². The number of nitrogens with zero attached hydrogens (tertiary/aromatic N) is 3. The third-order valence-electron chi connectivity index (χ3n) is 5.90. The topological polar surface area (TPSA) is 90.4 Å². The number of hydrogen-bond donors (Lipinski definition) is 0. The molecule has 2 aromatic carbocycles. The molecule has 9 nitrogen and oxygen atoms in total. The van der Waals surface area contributed by atoms with Crippen molar-refractivity contribution in [1.82, 2.24) is 9.29 Å². The van der Waals surface area contributed by atoms with Crippen LogP contribution in [0.1, 0.15) is 11.3 Å². The van der Waals surface area contributed by atoms with Gasteiger partial charge in [0.2, 0.25) is 10.0 Å². The quantitative estimate of drug-likeness (QED) is 0.426. The van der Waals surface area contributed by atoms with E-state index >= 15 is 0 Å². The number of ether oxygens (including phenoxy) is 4. The van der Waals surface area contributed by atoms with Gasteiger partial charge in [0.05, 0.1) is 34.1 Å². The van der Waals surface area contributed by atoms with Gasteiger partial charge in [0, 0.05) is 49.6 Å². The molecule has 0 unspecified atom stereocenters. The number of anilines is 1. The van der Waals surface area contributed by atoms with Crippen molar-refractivity contribution >= 4 is 26.5 Å². The molecule has 0 amide bonds. The normalized spacial score (nSPS) is 14.6. The highest BCUT2D eigenvalue weighted by atomic mass is 32.2. The van der Waals surface area contributed by atoms with Gasteiger partial charge in [-0.05, 0) is 30.3 Å². The van der Waals surface area contributed by atoms with Crippen molar-refractivity contribution in [3.8, 4) is 23.0 Å². The summed E-state index contributed by atoms with van der Waals surface area (Å²) in [6.45, 7) is 1.81. The monoisotopic (exact) mass is 519 g/mol. The molecule has 2 heterocycles. The van der Waals surface area contributed by atoms with Crippen LogP contribution in [0.25, 0.3) is 0 Å². The molecule has 188 valence electrons. The second-order valence-corrected chi connectivity index (χ2v) is 10.6. The lowest BCUT2D eigenvalue weighted by atomic mass is 10.1. The van der Waals surface area contributed by atoms with Gasteiger partial charge in [-0.1, -0.05) is 0 Å². The number of aromatic nitrogens is 1. The summed E-state index contributed by atoms with van der Waals surface area (Å²) >= 11 is 1.55. The van der Waals surface area contributed by atoms with Gasteiger partial charge < -0.3 is 23.8 Å². The number of rotatable bonds is 9. The maximum atomic E-state index is 13.3. The van der Waals surface area contributed by atoms with E-state index < -0.39 is 10.0 Å². The maximum absolute atomic E-state index is 13.3. The van der Waals surface area contributed by atoms with Crippen molar-refractivity contribution in [2.75, 3.05) is 59.5 Å². The van der Waals surface area contributed by atoms with Gasteiger partial charge in [-0.25, -0.2) is 13.4 Å². The zero-order valence-corrected chi connectivity index (χ0v) is 21.8. The average Bonchev–Trinajstić information content (AvgIpc) is 3.36. The van der Waals surface area contributed by atoms with Crippen LogP contribution < -0.4 is 23.8 Å². The van der Waals surface area contributed by atoms with Crippen LogP contribution in [0.3, 0.4) is 0 Å². The van der Waals surface area contributed by atoms with Gasteiger partial charge in [-0.3, -0.25) is 0 Å². The van der Waals surface area contributed by atoms with Crippen LogP contribution in [0, 0.1) is 0 Å². The second-order valence-electron chi connectivity index (χ2n) is 7.88. The highest BCUT2D eigenvalue weighted by molar-refractivity contribution is 7.89. The molecule has 0 aliphatic carbocycles. The predicted molar refractivity (Wildman–Crippen MR) is 135 cm³/mol. The lowest BCUT2D eigenvalue weighted by molar-refractivity contribution is 0.370. The molecule has 1 saturated heterocycles. The van der Waals surface area contributed by atoms with Crippen LogP contribution in [0.2, 0.25) is 0 Å². The number of sulfonamides is 1. The molecule has 11 heteroatoms. The fourth-order valence-corrected chi connectivity index (χ4v) is 6.42. The Morgan fingerprint density at radius 3 is 2.17 bits per heavy atom. The average molecular weight is 520 g/mol. The Morgan fingerprint density at radius 2 is 1.51 bits per heavy atom. The van der Waals surface area contributed by atoms with Gasteiger partial charge in [0.25, 0.3) is 0 Å². The minimum absolute atomic E-state index is 0.137. The molecular formula is C24H29N3O6S2. The first-order chi connectivity index (χ1) is 16.9. The van der Waals surface area contributed by atoms with Gasteiger partial charge in [-0.2, -0.15) is 4.31 Å². The van der Waals surface area contributed by atoms with E-state index in [1.54, 1.807) is 37.7 Å². The van der Waals surface area contributed by atoms with E-state index in [1.165, 1.54) is 24.6 Å². The number of thiazole rings is 1. The predicted octanol–water partition coefficient (Wildman–Crippen LogP) is 3.28. The molecule has 4 rings (SSSR count). The van der Waals surface area contributed by atoms with Crippen LogP contribution in [-0.4, -0.2) is 72.3 Å². The van der Waals surface area contributed by atoms with E-state index in [9.17, 15) is 8.42 Å². The molecule has 0 spiro atoms. The Morgan fingerprint density at radius 1 is 0.857 bits per heavy atom. The fourth-order valence-electron chi connectivity index (χ4n) is 3.98. The molecule has 1 aliphatic rings. The van der Waals surface area contributed by atoms with E-state index in [2.05, 4.69) is 4.90 Å². The molecule has 0 saturated carbocycles. The number of methoxy groups -OCH3 is 4. The smallest absolute Gasteiger partial charge is 0.246 e. The Labute approximate surface area is 209 Å². The number of hydrogen-bond acceptors (Lipinski definition) is 9. The van der Waals surface area contributed by atoms with E-state index in [1.807, 2.05) is 23.6 Å². The van der Waals surface area contributed by atoms with Gasteiger partial charge in [-0.15, -0.1) is 11.3 Å². The first kappa shape index (κ1) is 25.1. The molecule has 0 N–H and O–H groups in total. The minimum Gasteiger partial charge on any atom is -0.497 e. The van der Waals surface area contributed by atoms with E-state index in [0.717, 1.165) is 27.9 Å². The number of piperazine rings is 1. The van der Waals surface area contributed by atoms with E-state index in [4.69, 9.17) is 23.9 Å². The van der Waals surface area contributed by atoms with Gasteiger partial charge in [0.15, 0.2) is 5.13 Å². The van der Waals surface area contributed by atoms with Crippen molar-refractivity contribution < 1.29 is 27.4 Å². The summed E-state index contributed by atoms with van der Waals surface area (Å²) in [4.78, 5) is 7.05. The summed E-state index contributed by atoms with van der Waals surface area (Å²) < 4.78 is 49.4. The Bertz CT molecular complexity index is 1270. The molecule has 35 heavy (non-hydrogen) atoms. The van der Waals surface area contributed by atoms with Crippen molar-refractivity contribution in [2.45, 2.75) is 11.3 Å². The first-order valence-electron chi connectivity index (χ1n) is 11.0. The van der Waals surface area contributed by atoms with Crippen LogP contribution in [0.4, 0.5) is 5.13 Å². The van der Waals surface area contributed by atoms with Crippen molar-refractivity contribution in [1.29, 1.82) is 0 Å². The van der Waals surface area contributed by atoms with Gasteiger partial charge in [0.1, 0.15) is 27.9 Å². The molecule has 1 aliphatic heterocycles. The first-order valence-corrected chi connectivity index (χ1v) is 13.3. The lowest BCUT2D eigenvalue weighted by Gasteiger charge is -2.34. The molecule has 0 radical (unpaired) electrons. The van der Waals surface area contributed by atoms with Crippen LogP contribution in [0.5, 0.6) is 23.0 Å². The Balaban J connectivity index is 1.44. The summed E-state index contributed by atoms with van der Waals surface area (Å²) in [5, 5.41) is 2.90. The van der Waals surface area contributed by atoms with Crippen molar-refractivity contribution in [3.05, 3.63) is 53.0 Å². The van der Waals surface area contributed by atoms with E-state index in [-0.39, 0.29) is 10.6 Å². The third-order valence-corrected chi connectivity index (χ3v) is 8.78. The minimum atomic E-state index is -3.70. The summed E-state index contributed by atoms with van der Waals surface area (Å²) in [5.41, 5.74) is 1.92. The Kier molecular flexibility index (Phi) is 7.68. The summed E-state index contributed by atoms with van der Waals surface area (Å²) in [6, 6.07) is 10.4. The molecule has 0 atom stereocenters. The SMILES string of the molecule is COc1ccc(OC)c(Cc2csc(N3CCN(S(=O)(=O)c4ccc(OC)cc4OC)CC3)n2)c1. The summed E-state index contributed by atoms with van der Waals surface area (Å²) in [5.74, 6) is 2.36. The summed E-state index contributed by atoms with van der Waals surface area (Å²) in [6.07, 6.45) is 0.614. The maximum Gasteiger partial charge on any atom is 0.246 e. The molecule has 1 aromatic heterocycles. The zero-order chi connectivity index (χ0) is 25.0. The van der Waals surface area contributed by atoms with Gasteiger partial charge >= 0.3 is 0 Å². The highest BCUT2D eigenvalue weighted by Crippen LogP contribution is 2.32. The molecule has 3 aromatic rings. The molecular weight excluding hydrogens is 490 g/mol. The number of benzene rings is 2. The van der Waals surface area contributed by atoms with Crippen molar-refractivity contribution in [3.63, 3.8) is 0 Å². The fraction of sp³-hybridized carbons (Fsp3) is 0.375. The standard InChI is InChI=1S/C24H29N3O6S2/c1-30-19-5-7-21(32-3)17(14-19)13-18-16-34-24(25-18)26-9-11-27(12-10-26)35(28,29)23-8-6-20(31-2)15-22(23)33-4/h5-8,14-16H,9-13H2,1-4H3. The zero-order valence-electron chi connectivity index (χ0n) is 20.2. The van der Waals surface area contributed by atoms with Crippen LogP contribution in [0.15, 0.2) is 46.7 Å².